The summed E-state index contributed by atoms with van der Waals surface area (Å²) in [4.78, 5) is 23.1. The third-order valence-electron chi connectivity index (χ3n) is 2.49. The van der Waals surface area contributed by atoms with Crippen molar-refractivity contribution in [1.29, 1.82) is 0 Å². The molecule has 1 aromatic rings. The largest absolute Gasteiger partial charge is 0.497 e. The molecule has 0 heterocycles. The molecule has 0 aliphatic heterocycles. The van der Waals surface area contributed by atoms with Crippen molar-refractivity contribution in [3.05, 3.63) is 24.3 Å². The summed E-state index contributed by atoms with van der Waals surface area (Å²) in [6.45, 7) is 1.68. The van der Waals surface area contributed by atoms with Crippen LogP contribution in [0.25, 0.3) is 0 Å². The third-order valence-corrected chi connectivity index (χ3v) is 2.49. The quantitative estimate of drug-likeness (QED) is 0.678. The lowest BCUT2D eigenvalue weighted by Gasteiger charge is -2.12. The molecule has 1 aromatic carbocycles. The Morgan fingerprint density at radius 1 is 1.26 bits per heavy atom. The fourth-order valence-electron chi connectivity index (χ4n) is 1.42. The van der Waals surface area contributed by atoms with Crippen molar-refractivity contribution in [3.8, 4) is 5.75 Å². The molecule has 0 aliphatic rings. The Kier molecular flexibility index (Phi) is 5.81. The first-order valence-electron chi connectivity index (χ1n) is 5.93. The zero-order valence-corrected chi connectivity index (χ0v) is 11.0. The van der Waals surface area contributed by atoms with Crippen LogP contribution in [-0.4, -0.2) is 36.7 Å². The van der Waals surface area contributed by atoms with Gasteiger partial charge in [-0.25, -0.2) is 0 Å². The summed E-state index contributed by atoms with van der Waals surface area (Å²) in [6, 6.07) is 6.39. The molecule has 0 aliphatic carbocycles. The normalized spacial score (nSPS) is 11.5. The van der Waals surface area contributed by atoms with Gasteiger partial charge in [0, 0.05) is 18.3 Å². The van der Waals surface area contributed by atoms with Crippen molar-refractivity contribution in [3.63, 3.8) is 0 Å². The molecule has 0 unspecified atom stereocenters. The summed E-state index contributed by atoms with van der Waals surface area (Å²) >= 11 is 0. The molecule has 104 valence electrons. The summed E-state index contributed by atoms with van der Waals surface area (Å²) < 4.78 is 4.99. The van der Waals surface area contributed by atoms with E-state index >= 15 is 0 Å². The fraction of sp³-hybridized carbons (Fsp3) is 0.385. The van der Waals surface area contributed by atoms with Crippen molar-refractivity contribution < 1.29 is 19.4 Å². The van der Waals surface area contributed by atoms with Crippen LogP contribution >= 0.6 is 0 Å². The molecule has 0 bridgehead atoms. The van der Waals surface area contributed by atoms with Gasteiger partial charge in [0.2, 0.25) is 0 Å². The highest BCUT2D eigenvalue weighted by Crippen LogP contribution is 2.14. The van der Waals surface area contributed by atoms with Crippen molar-refractivity contribution in [1.82, 2.24) is 5.32 Å². The molecule has 1 rings (SSSR count). The molecule has 0 saturated carbocycles. The molecule has 6 nitrogen and oxygen atoms in total. The van der Waals surface area contributed by atoms with Gasteiger partial charge in [0.15, 0.2) is 0 Å². The van der Waals surface area contributed by atoms with Crippen molar-refractivity contribution >= 4 is 17.5 Å². The van der Waals surface area contributed by atoms with Gasteiger partial charge in [0.1, 0.15) is 5.75 Å². The maximum absolute atomic E-state index is 11.6. The van der Waals surface area contributed by atoms with Crippen LogP contribution < -0.4 is 15.4 Å². The topological polar surface area (TPSA) is 87.7 Å². The molecule has 0 fully saturated rings. The Labute approximate surface area is 111 Å². The lowest BCUT2D eigenvalue weighted by Crippen LogP contribution is -2.40. The maximum Gasteiger partial charge on any atom is 0.313 e. The Hall–Kier alpha value is -2.08. The van der Waals surface area contributed by atoms with Crippen LogP contribution in [0.1, 0.15) is 13.3 Å². The smallest absolute Gasteiger partial charge is 0.313 e. The van der Waals surface area contributed by atoms with E-state index < -0.39 is 11.8 Å². The number of carbonyl (C=O) groups is 2. The number of ether oxygens (including phenoxy) is 1. The van der Waals surface area contributed by atoms with Crippen LogP contribution in [0.4, 0.5) is 5.69 Å². The maximum atomic E-state index is 11.6. The number of benzene rings is 1. The fourth-order valence-corrected chi connectivity index (χ4v) is 1.42. The summed E-state index contributed by atoms with van der Waals surface area (Å²) in [5.41, 5.74) is 0.510. The monoisotopic (exact) mass is 266 g/mol. The molecule has 1 atom stereocenters. The van der Waals surface area contributed by atoms with Gasteiger partial charge in [-0.3, -0.25) is 9.59 Å². The summed E-state index contributed by atoms with van der Waals surface area (Å²) in [7, 11) is 1.55. The summed E-state index contributed by atoms with van der Waals surface area (Å²) in [5.74, 6) is -0.800. The van der Waals surface area contributed by atoms with Crippen LogP contribution in [0.5, 0.6) is 5.75 Å². The second kappa shape index (κ2) is 7.38. The lowest BCUT2D eigenvalue weighted by atomic mass is 10.2. The Bertz CT molecular complexity index is 431. The van der Waals surface area contributed by atoms with Gasteiger partial charge in [-0.1, -0.05) is 0 Å². The van der Waals surface area contributed by atoms with Gasteiger partial charge in [0.05, 0.1) is 7.11 Å². The lowest BCUT2D eigenvalue weighted by molar-refractivity contribution is -0.136. The van der Waals surface area contributed by atoms with E-state index in [4.69, 9.17) is 9.84 Å². The minimum absolute atomic E-state index is 0.0401. The molecule has 0 radical (unpaired) electrons. The van der Waals surface area contributed by atoms with Gasteiger partial charge < -0.3 is 20.5 Å². The number of anilines is 1. The van der Waals surface area contributed by atoms with E-state index in [1.165, 1.54) is 0 Å². The van der Waals surface area contributed by atoms with E-state index in [1.807, 2.05) is 0 Å². The number of methoxy groups -OCH3 is 1. The standard InChI is InChI=1S/C13H18N2O4/c1-9(7-8-16)14-12(17)13(18)15-10-3-5-11(19-2)6-4-10/h3-6,9,16H,7-8H2,1-2H3,(H,14,17)(H,15,18)/t9-/m0/s1. The first kappa shape index (κ1) is 15.0. The van der Waals surface area contributed by atoms with Crippen molar-refractivity contribution in [2.45, 2.75) is 19.4 Å². The highest BCUT2D eigenvalue weighted by molar-refractivity contribution is 6.39. The van der Waals surface area contributed by atoms with Crippen LogP contribution in [0.2, 0.25) is 0 Å². The predicted molar refractivity (Wildman–Crippen MR) is 70.9 cm³/mol. The number of hydrogen-bond donors (Lipinski definition) is 3. The molecule has 0 spiro atoms. The zero-order valence-electron chi connectivity index (χ0n) is 11.0. The molecule has 19 heavy (non-hydrogen) atoms. The Morgan fingerprint density at radius 3 is 2.42 bits per heavy atom. The predicted octanol–water partition coefficient (Wildman–Crippen LogP) is 0.521. The second-order valence-electron chi connectivity index (χ2n) is 4.07. The summed E-state index contributed by atoms with van der Waals surface area (Å²) in [5, 5.41) is 13.7. The number of amides is 2. The van der Waals surface area contributed by atoms with Gasteiger partial charge >= 0.3 is 11.8 Å². The molecular weight excluding hydrogens is 248 g/mol. The molecule has 6 heteroatoms. The van der Waals surface area contributed by atoms with Gasteiger partial charge in [-0.15, -0.1) is 0 Å². The van der Waals surface area contributed by atoms with Crippen LogP contribution in [0.3, 0.4) is 0 Å². The molecular formula is C13H18N2O4. The van der Waals surface area contributed by atoms with Gasteiger partial charge in [-0.05, 0) is 37.6 Å². The highest BCUT2D eigenvalue weighted by atomic mass is 16.5. The molecule has 2 amide bonds. The highest BCUT2D eigenvalue weighted by Gasteiger charge is 2.15. The first-order valence-corrected chi connectivity index (χ1v) is 5.93. The average molecular weight is 266 g/mol. The number of aliphatic hydroxyl groups excluding tert-OH is 1. The van der Waals surface area contributed by atoms with Crippen LogP contribution in [-0.2, 0) is 9.59 Å². The van der Waals surface area contributed by atoms with Crippen LogP contribution in [0.15, 0.2) is 24.3 Å². The van der Waals surface area contributed by atoms with E-state index in [-0.39, 0.29) is 12.6 Å². The number of aliphatic hydroxyl groups is 1. The van der Waals surface area contributed by atoms with E-state index in [2.05, 4.69) is 10.6 Å². The average Bonchev–Trinajstić information content (AvgIpc) is 2.39. The van der Waals surface area contributed by atoms with Gasteiger partial charge in [-0.2, -0.15) is 0 Å². The van der Waals surface area contributed by atoms with E-state index in [9.17, 15) is 9.59 Å². The number of nitrogens with one attached hydrogen (secondary N) is 2. The number of hydrogen-bond acceptors (Lipinski definition) is 4. The van der Waals surface area contributed by atoms with E-state index in [1.54, 1.807) is 38.3 Å². The molecule has 3 N–H and O–H groups in total. The molecule has 0 saturated heterocycles. The van der Waals surface area contributed by atoms with Crippen molar-refractivity contribution in [2.75, 3.05) is 19.0 Å². The minimum atomic E-state index is -0.741. The zero-order chi connectivity index (χ0) is 14.3. The Morgan fingerprint density at radius 2 is 1.89 bits per heavy atom. The van der Waals surface area contributed by atoms with E-state index in [0.29, 0.717) is 17.9 Å². The van der Waals surface area contributed by atoms with E-state index in [0.717, 1.165) is 0 Å². The Balaban J connectivity index is 2.51. The molecule has 0 aromatic heterocycles. The minimum Gasteiger partial charge on any atom is -0.497 e. The number of rotatable bonds is 5. The second-order valence-corrected chi connectivity index (χ2v) is 4.07. The van der Waals surface area contributed by atoms with Crippen molar-refractivity contribution in [2.24, 2.45) is 0 Å². The first-order chi connectivity index (χ1) is 9.06. The third kappa shape index (κ3) is 4.97. The SMILES string of the molecule is COc1ccc(NC(=O)C(=O)N[C@@H](C)CCO)cc1. The summed E-state index contributed by atoms with van der Waals surface area (Å²) in [6.07, 6.45) is 0.404. The number of carbonyl (C=O) groups excluding carboxylic acids is 2. The van der Waals surface area contributed by atoms with Gasteiger partial charge in [0.25, 0.3) is 0 Å². The van der Waals surface area contributed by atoms with Crippen LogP contribution in [0, 0.1) is 0 Å².